The summed E-state index contributed by atoms with van der Waals surface area (Å²) in [5.41, 5.74) is -0.343. The molecule has 190 valence electrons. The van der Waals surface area contributed by atoms with Crippen molar-refractivity contribution in [3.63, 3.8) is 0 Å². The molecule has 5 fully saturated rings. The van der Waals surface area contributed by atoms with Gasteiger partial charge in [-0.25, -0.2) is 0 Å². The van der Waals surface area contributed by atoms with Gasteiger partial charge in [-0.3, -0.25) is 34.2 Å². The molecule has 7 rings (SSSR count). The summed E-state index contributed by atoms with van der Waals surface area (Å²) in [6.45, 7) is 2.10. The molecule has 1 unspecified atom stereocenters. The molecule has 5 heterocycles. The van der Waals surface area contributed by atoms with Crippen molar-refractivity contribution in [1.29, 1.82) is 0 Å². The van der Waals surface area contributed by atoms with Crippen molar-refractivity contribution >= 4 is 35.2 Å². The summed E-state index contributed by atoms with van der Waals surface area (Å²) in [5, 5.41) is 11.8. The molecule has 36 heavy (non-hydrogen) atoms. The molecule has 0 radical (unpaired) electrons. The molecule has 11 nitrogen and oxygen atoms in total. The maximum atomic E-state index is 13.1. The van der Waals surface area contributed by atoms with Gasteiger partial charge >= 0.3 is 0 Å². The van der Waals surface area contributed by atoms with Crippen molar-refractivity contribution in [2.75, 3.05) is 32.0 Å². The molecule has 6 aliphatic rings. The second-order valence-corrected chi connectivity index (χ2v) is 10.6. The van der Waals surface area contributed by atoms with E-state index in [9.17, 15) is 24.0 Å². The molecule has 1 saturated carbocycles. The highest BCUT2D eigenvalue weighted by molar-refractivity contribution is 6.23. The number of benzene rings is 1. The van der Waals surface area contributed by atoms with Gasteiger partial charge in [-0.05, 0) is 63.4 Å². The van der Waals surface area contributed by atoms with Crippen molar-refractivity contribution < 1.29 is 28.7 Å². The first-order valence-electron chi connectivity index (χ1n) is 12.5. The quantitative estimate of drug-likeness (QED) is 0.415. The average molecular weight is 496 g/mol. The molecule has 4 N–H and O–H groups in total. The Morgan fingerprint density at radius 2 is 1.83 bits per heavy atom. The van der Waals surface area contributed by atoms with Crippen LogP contribution in [0.15, 0.2) is 18.2 Å². The summed E-state index contributed by atoms with van der Waals surface area (Å²) >= 11 is 0. The van der Waals surface area contributed by atoms with E-state index in [-0.39, 0.29) is 29.9 Å². The number of hydrogen-bond donors (Lipinski definition) is 4. The standard InChI is InChI=1S/C25H29N5O6/c1-26-22(35)24-11-23(12-24,36-25(24)6-8-27-9-7-25)13-28-14-2-3-15-16(10-14)21(34)30(20(15)33)17-4-5-18(31)29-19(17)32/h2-3,10,17,27-28H,4-9,11-13H2,1H3,(H,26,35)(H,29,31,32). The van der Waals surface area contributed by atoms with Gasteiger partial charge in [0.25, 0.3) is 11.8 Å². The molecule has 1 spiro atoms. The van der Waals surface area contributed by atoms with Crippen molar-refractivity contribution in [2.24, 2.45) is 5.41 Å². The van der Waals surface area contributed by atoms with Crippen LogP contribution in [0.4, 0.5) is 5.69 Å². The van der Waals surface area contributed by atoms with Gasteiger partial charge in [0.15, 0.2) is 0 Å². The number of hydrogen-bond acceptors (Lipinski definition) is 8. The number of carbonyl (C=O) groups excluding carboxylic acids is 5. The third-order valence-corrected chi connectivity index (χ3v) is 8.66. The molecular formula is C25H29N5O6. The molecule has 1 aromatic rings. The normalized spacial score (nSPS) is 32.2. The maximum Gasteiger partial charge on any atom is 0.262 e. The first kappa shape index (κ1) is 23.1. The van der Waals surface area contributed by atoms with Gasteiger partial charge in [0.1, 0.15) is 6.04 Å². The predicted octanol–water partition coefficient (Wildman–Crippen LogP) is -0.0829. The lowest BCUT2D eigenvalue weighted by molar-refractivity contribution is -0.140. The number of carbonyl (C=O) groups is 5. The van der Waals surface area contributed by atoms with Crippen LogP contribution in [0, 0.1) is 5.41 Å². The summed E-state index contributed by atoms with van der Waals surface area (Å²) in [7, 11) is 1.67. The van der Waals surface area contributed by atoms with Crippen molar-refractivity contribution in [3.8, 4) is 0 Å². The van der Waals surface area contributed by atoms with E-state index in [1.54, 1.807) is 25.2 Å². The Labute approximate surface area is 207 Å². The molecule has 4 saturated heterocycles. The SMILES string of the molecule is CNC(=O)C12CC(CNc3ccc4c(c3)C(=O)N(C3CCC(=O)NC3=O)C4=O)(C1)OC21CCNCC1. The topological polar surface area (TPSA) is 146 Å². The summed E-state index contributed by atoms with van der Waals surface area (Å²) in [6.07, 6.45) is 3.04. The molecule has 5 aliphatic heterocycles. The number of piperidine rings is 2. The van der Waals surface area contributed by atoms with Crippen LogP contribution in [-0.4, -0.2) is 78.4 Å². The lowest BCUT2D eigenvalue weighted by Gasteiger charge is -2.47. The van der Waals surface area contributed by atoms with E-state index in [4.69, 9.17) is 4.74 Å². The maximum absolute atomic E-state index is 13.1. The van der Waals surface area contributed by atoms with Crippen molar-refractivity contribution in [1.82, 2.24) is 20.9 Å². The number of fused-ring (bicyclic) bond motifs is 1. The molecule has 11 heteroatoms. The van der Waals surface area contributed by atoms with Crippen LogP contribution < -0.4 is 21.3 Å². The highest BCUT2D eigenvalue weighted by atomic mass is 16.5. The summed E-state index contributed by atoms with van der Waals surface area (Å²) in [4.78, 5) is 63.7. The van der Waals surface area contributed by atoms with E-state index in [1.165, 1.54) is 0 Å². The number of rotatable bonds is 5. The summed E-state index contributed by atoms with van der Waals surface area (Å²) in [6, 6.07) is 3.94. The Balaban J connectivity index is 1.18. The van der Waals surface area contributed by atoms with Crippen molar-refractivity contribution in [2.45, 2.75) is 55.8 Å². The zero-order chi connectivity index (χ0) is 25.3. The van der Waals surface area contributed by atoms with E-state index in [0.29, 0.717) is 25.1 Å². The monoisotopic (exact) mass is 495 g/mol. The van der Waals surface area contributed by atoms with Gasteiger partial charge in [0.2, 0.25) is 17.7 Å². The van der Waals surface area contributed by atoms with Gasteiger partial charge in [-0.15, -0.1) is 0 Å². The fourth-order valence-corrected chi connectivity index (χ4v) is 6.98. The summed E-state index contributed by atoms with van der Waals surface area (Å²) < 4.78 is 6.68. The number of nitrogens with zero attached hydrogens (tertiary/aromatic N) is 1. The lowest BCUT2D eigenvalue weighted by atomic mass is 9.53. The largest absolute Gasteiger partial charge is 0.382 e. The van der Waals surface area contributed by atoms with Gasteiger partial charge in [0, 0.05) is 25.7 Å². The number of amides is 5. The third-order valence-electron chi connectivity index (χ3n) is 8.66. The first-order valence-corrected chi connectivity index (χ1v) is 12.5. The highest BCUT2D eigenvalue weighted by Gasteiger charge is 2.77. The van der Waals surface area contributed by atoms with Crippen LogP contribution in [-0.2, 0) is 19.1 Å². The Kier molecular flexibility index (Phi) is 5.03. The fourth-order valence-electron chi connectivity index (χ4n) is 6.98. The van der Waals surface area contributed by atoms with Crippen molar-refractivity contribution in [3.05, 3.63) is 29.3 Å². The first-order chi connectivity index (χ1) is 17.2. The van der Waals surface area contributed by atoms with E-state index in [1.807, 2.05) is 0 Å². The van der Waals surface area contributed by atoms with Crippen LogP contribution in [0.2, 0.25) is 0 Å². The Morgan fingerprint density at radius 3 is 2.53 bits per heavy atom. The van der Waals surface area contributed by atoms with E-state index in [2.05, 4.69) is 21.3 Å². The van der Waals surface area contributed by atoms with Crippen LogP contribution in [0.25, 0.3) is 0 Å². The highest BCUT2D eigenvalue weighted by Crippen LogP contribution is 2.69. The molecule has 5 amide bonds. The van der Waals surface area contributed by atoms with Crippen LogP contribution in [0.5, 0.6) is 0 Å². The lowest BCUT2D eigenvalue weighted by Crippen LogP contribution is -2.60. The number of anilines is 1. The zero-order valence-electron chi connectivity index (χ0n) is 20.1. The molecule has 1 aliphatic carbocycles. The predicted molar refractivity (Wildman–Crippen MR) is 126 cm³/mol. The average Bonchev–Trinajstić information content (AvgIpc) is 3.37. The van der Waals surface area contributed by atoms with E-state index >= 15 is 0 Å². The van der Waals surface area contributed by atoms with Crippen LogP contribution >= 0.6 is 0 Å². The minimum Gasteiger partial charge on any atom is -0.382 e. The smallest absolute Gasteiger partial charge is 0.262 e. The van der Waals surface area contributed by atoms with Crippen LogP contribution in [0.1, 0.15) is 59.2 Å². The second-order valence-electron chi connectivity index (χ2n) is 10.6. The molecule has 0 aromatic heterocycles. The van der Waals surface area contributed by atoms with Gasteiger partial charge < -0.3 is 20.7 Å². The molecule has 1 atom stereocenters. The van der Waals surface area contributed by atoms with Gasteiger partial charge in [-0.2, -0.15) is 0 Å². The van der Waals surface area contributed by atoms with E-state index < -0.39 is 46.3 Å². The van der Waals surface area contributed by atoms with Gasteiger partial charge in [0.05, 0.1) is 27.7 Å². The van der Waals surface area contributed by atoms with Crippen LogP contribution in [0.3, 0.4) is 0 Å². The molecule has 1 aromatic carbocycles. The fraction of sp³-hybridized carbons (Fsp3) is 0.560. The second kappa shape index (κ2) is 7.84. The summed E-state index contributed by atoms with van der Waals surface area (Å²) in [5.74, 6) is -2.08. The number of ether oxygens (including phenoxy) is 1. The molecular weight excluding hydrogens is 466 g/mol. The Bertz CT molecular complexity index is 1200. The van der Waals surface area contributed by atoms with Gasteiger partial charge in [-0.1, -0.05) is 0 Å². The Morgan fingerprint density at radius 1 is 1.11 bits per heavy atom. The number of imide groups is 2. The molecule has 2 bridgehead atoms. The minimum atomic E-state index is -0.994. The minimum absolute atomic E-state index is 0.0349. The zero-order valence-corrected chi connectivity index (χ0v) is 20.1. The van der Waals surface area contributed by atoms with E-state index in [0.717, 1.165) is 30.8 Å². The number of nitrogens with one attached hydrogen (secondary N) is 4. The third kappa shape index (κ3) is 3.08. The Hall–Kier alpha value is -3.31.